The number of hydrogen-bond acceptors (Lipinski definition) is 3. The van der Waals surface area contributed by atoms with Crippen molar-refractivity contribution in [1.29, 1.82) is 0 Å². The van der Waals surface area contributed by atoms with E-state index in [4.69, 9.17) is 16.0 Å². The van der Waals surface area contributed by atoms with E-state index in [9.17, 15) is 4.79 Å². The average Bonchev–Trinajstić information content (AvgIpc) is 3.23. The van der Waals surface area contributed by atoms with Gasteiger partial charge in [0.15, 0.2) is 5.58 Å². The van der Waals surface area contributed by atoms with Crippen molar-refractivity contribution in [3.8, 4) is 11.5 Å². The van der Waals surface area contributed by atoms with Gasteiger partial charge in [-0.3, -0.25) is 4.79 Å². The highest BCUT2D eigenvalue weighted by atomic mass is 35.5. The van der Waals surface area contributed by atoms with Gasteiger partial charge in [0.1, 0.15) is 5.52 Å². The van der Waals surface area contributed by atoms with Crippen LogP contribution < -0.4 is 5.32 Å². The van der Waals surface area contributed by atoms with Gasteiger partial charge in [-0.15, -0.1) is 0 Å². The molecule has 158 valence electrons. The molecule has 1 N–H and O–H groups in total. The minimum absolute atomic E-state index is 0.191. The van der Waals surface area contributed by atoms with Crippen LogP contribution in [0.25, 0.3) is 33.3 Å². The molecule has 0 saturated heterocycles. The molecule has 0 spiro atoms. The number of carbonyl (C=O) groups is 1. The molecular weight excluding hydrogens is 420 g/mol. The number of halogens is 1. The summed E-state index contributed by atoms with van der Waals surface area (Å²) >= 11 is 6.31. The van der Waals surface area contributed by atoms with Crippen molar-refractivity contribution in [1.82, 2.24) is 4.98 Å². The van der Waals surface area contributed by atoms with E-state index in [1.807, 2.05) is 67.6 Å². The highest BCUT2D eigenvalue weighted by molar-refractivity contribution is 6.36. The maximum absolute atomic E-state index is 13.2. The highest BCUT2D eigenvalue weighted by Gasteiger charge is 2.15. The van der Waals surface area contributed by atoms with Crippen molar-refractivity contribution in [3.63, 3.8) is 0 Å². The van der Waals surface area contributed by atoms with Crippen molar-refractivity contribution in [2.24, 2.45) is 0 Å². The summed E-state index contributed by atoms with van der Waals surface area (Å²) in [7, 11) is 0. The molecule has 5 aromatic rings. The number of nitrogens with zero attached hydrogens (tertiary/aromatic N) is 1. The van der Waals surface area contributed by atoms with E-state index in [1.54, 1.807) is 6.07 Å². The molecule has 1 amide bonds. The first-order chi connectivity index (χ1) is 15.5. The van der Waals surface area contributed by atoms with Gasteiger partial charge in [-0.2, -0.15) is 0 Å². The summed E-state index contributed by atoms with van der Waals surface area (Å²) in [5.74, 6) is 0.337. The first kappa shape index (κ1) is 20.3. The molecular formula is C27H21ClN2O2. The topological polar surface area (TPSA) is 55.1 Å². The Kier molecular flexibility index (Phi) is 5.16. The molecule has 0 saturated carbocycles. The largest absolute Gasteiger partial charge is 0.436 e. The summed E-state index contributed by atoms with van der Waals surface area (Å²) in [4.78, 5) is 17.8. The van der Waals surface area contributed by atoms with E-state index < -0.39 is 0 Å². The normalized spacial score (nSPS) is 11.2. The van der Waals surface area contributed by atoms with Crippen LogP contribution in [-0.4, -0.2) is 10.9 Å². The number of hydrogen-bond donors (Lipinski definition) is 1. The Hall–Kier alpha value is -3.63. The minimum Gasteiger partial charge on any atom is -0.436 e. The Morgan fingerprint density at radius 1 is 1.00 bits per heavy atom. The molecule has 0 atom stereocenters. The monoisotopic (exact) mass is 440 g/mol. The number of fused-ring (bicyclic) bond motifs is 2. The zero-order valence-electron chi connectivity index (χ0n) is 17.8. The molecule has 5 heteroatoms. The lowest BCUT2D eigenvalue weighted by Crippen LogP contribution is -2.13. The van der Waals surface area contributed by atoms with E-state index >= 15 is 0 Å². The molecule has 0 fully saturated rings. The molecule has 1 heterocycles. The van der Waals surface area contributed by atoms with E-state index in [1.165, 1.54) is 5.56 Å². The Morgan fingerprint density at radius 3 is 2.66 bits per heavy atom. The minimum atomic E-state index is -0.191. The number of amides is 1. The molecule has 4 aromatic carbocycles. The van der Waals surface area contributed by atoms with Crippen LogP contribution in [0.2, 0.25) is 5.02 Å². The van der Waals surface area contributed by atoms with E-state index in [2.05, 4.69) is 23.3 Å². The van der Waals surface area contributed by atoms with Crippen LogP contribution in [0.15, 0.2) is 77.2 Å². The Labute approximate surface area is 190 Å². The fourth-order valence-corrected chi connectivity index (χ4v) is 4.10. The fourth-order valence-electron chi connectivity index (χ4n) is 3.87. The van der Waals surface area contributed by atoms with E-state index in [-0.39, 0.29) is 5.91 Å². The lowest BCUT2D eigenvalue weighted by molar-refractivity contribution is 0.102. The second-order valence-electron chi connectivity index (χ2n) is 7.80. The molecule has 0 bridgehead atoms. The zero-order valence-corrected chi connectivity index (χ0v) is 18.5. The van der Waals surface area contributed by atoms with Crippen LogP contribution in [0.1, 0.15) is 28.4 Å². The third kappa shape index (κ3) is 3.63. The third-order valence-electron chi connectivity index (χ3n) is 5.71. The van der Waals surface area contributed by atoms with Gasteiger partial charge in [0.25, 0.3) is 5.91 Å². The van der Waals surface area contributed by atoms with Crippen molar-refractivity contribution < 1.29 is 9.21 Å². The van der Waals surface area contributed by atoms with E-state index in [0.717, 1.165) is 39.4 Å². The first-order valence-corrected chi connectivity index (χ1v) is 10.9. The fraction of sp³-hybridized carbons (Fsp3) is 0.111. The number of carbonyl (C=O) groups excluding carboxylic acids is 1. The number of nitrogens with one attached hydrogen (secondary N) is 1. The van der Waals surface area contributed by atoms with Crippen molar-refractivity contribution in [2.75, 3.05) is 5.32 Å². The van der Waals surface area contributed by atoms with E-state index in [0.29, 0.717) is 22.2 Å². The number of aryl methyl sites for hydroxylation is 2. The number of oxazole rings is 1. The molecule has 32 heavy (non-hydrogen) atoms. The Bertz CT molecular complexity index is 1490. The van der Waals surface area contributed by atoms with Crippen LogP contribution in [-0.2, 0) is 6.42 Å². The lowest BCUT2D eigenvalue weighted by Gasteiger charge is -2.12. The van der Waals surface area contributed by atoms with Gasteiger partial charge in [0.05, 0.1) is 0 Å². The molecule has 1 aromatic heterocycles. The predicted octanol–water partition coefficient (Wildman–Crippen LogP) is 7.42. The molecule has 4 nitrogen and oxygen atoms in total. The van der Waals surface area contributed by atoms with Crippen molar-refractivity contribution in [2.45, 2.75) is 20.3 Å². The predicted molar refractivity (Wildman–Crippen MR) is 130 cm³/mol. The second-order valence-corrected chi connectivity index (χ2v) is 8.21. The lowest BCUT2D eigenvalue weighted by atomic mass is 10.0. The van der Waals surface area contributed by atoms with Gasteiger partial charge in [-0.05, 0) is 66.3 Å². The molecule has 0 aliphatic carbocycles. The highest BCUT2D eigenvalue weighted by Crippen LogP contribution is 2.30. The van der Waals surface area contributed by atoms with Crippen LogP contribution in [0.3, 0.4) is 0 Å². The molecule has 0 aliphatic heterocycles. The van der Waals surface area contributed by atoms with Crippen LogP contribution in [0, 0.1) is 6.92 Å². The van der Waals surface area contributed by atoms with Gasteiger partial charge in [-0.1, -0.05) is 54.9 Å². The summed E-state index contributed by atoms with van der Waals surface area (Å²) in [6.07, 6.45) is 0.943. The smallest absolute Gasteiger partial charge is 0.256 e. The van der Waals surface area contributed by atoms with Crippen LogP contribution in [0.5, 0.6) is 0 Å². The summed E-state index contributed by atoms with van der Waals surface area (Å²) in [6, 6.07) is 23.0. The van der Waals surface area contributed by atoms with Gasteiger partial charge >= 0.3 is 0 Å². The zero-order chi connectivity index (χ0) is 22.2. The number of rotatable bonds is 4. The Morgan fingerprint density at radius 2 is 1.81 bits per heavy atom. The maximum atomic E-state index is 13.2. The van der Waals surface area contributed by atoms with Gasteiger partial charge in [-0.25, -0.2) is 4.98 Å². The van der Waals surface area contributed by atoms with Crippen LogP contribution in [0.4, 0.5) is 5.69 Å². The SMILES string of the molecule is CCc1ccc2oc(-c3ccc(C)c(NC(=O)c4cccc5c(Cl)cccc45)c3)nc2c1. The third-order valence-corrected chi connectivity index (χ3v) is 6.04. The second kappa shape index (κ2) is 8.13. The van der Waals surface area contributed by atoms with Gasteiger partial charge < -0.3 is 9.73 Å². The summed E-state index contributed by atoms with van der Waals surface area (Å²) in [5, 5.41) is 5.34. The summed E-state index contributed by atoms with van der Waals surface area (Å²) in [6.45, 7) is 4.07. The first-order valence-electron chi connectivity index (χ1n) is 10.5. The van der Waals surface area contributed by atoms with Crippen molar-refractivity contribution >= 4 is 45.1 Å². The standard InChI is InChI=1S/C27H21ClN2O2/c1-3-17-11-13-25-24(14-17)30-27(32-25)18-12-10-16(2)23(15-18)29-26(31)21-8-4-7-20-19(21)6-5-9-22(20)28/h4-15H,3H2,1-2H3,(H,29,31). The maximum Gasteiger partial charge on any atom is 0.256 e. The quantitative estimate of drug-likeness (QED) is 0.316. The molecule has 0 aliphatic rings. The van der Waals surface area contributed by atoms with Crippen molar-refractivity contribution in [3.05, 3.63) is 94.5 Å². The molecule has 0 unspecified atom stereocenters. The Balaban J connectivity index is 1.50. The van der Waals surface area contributed by atoms with Crippen LogP contribution >= 0.6 is 11.6 Å². The molecule has 5 rings (SSSR count). The summed E-state index contributed by atoms with van der Waals surface area (Å²) < 4.78 is 5.97. The van der Waals surface area contributed by atoms with Gasteiger partial charge in [0.2, 0.25) is 5.89 Å². The summed E-state index contributed by atoms with van der Waals surface area (Å²) in [5.41, 5.74) is 5.83. The number of aromatic nitrogens is 1. The molecule has 0 radical (unpaired) electrons. The average molecular weight is 441 g/mol. The number of benzene rings is 4. The number of anilines is 1. The van der Waals surface area contributed by atoms with Gasteiger partial charge in [0, 0.05) is 27.2 Å².